The smallest absolute Gasteiger partial charge is 0.343 e. The Balaban J connectivity index is 2.14. The average molecular weight is 273 g/mol. The van der Waals surface area contributed by atoms with Crippen LogP contribution in [-0.2, 0) is 0 Å². The fourth-order valence-electron chi connectivity index (χ4n) is 1.58. The molecule has 0 heterocycles. The molecule has 0 fully saturated rings. The van der Waals surface area contributed by atoms with Crippen LogP contribution < -0.4 is 4.74 Å². The van der Waals surface area contributed by atoms with E-state index in [0.29, 0.717) is 11.1 Å². The summed E-state index contributed by atoms with van der Waals surface area (Å²) in [5, 5.41) is 19.9. The summed E-state index contributed by atoms with van der Waals surface area (Å²) in [7, 11) is 0. The molecule has 0 bridgehead atoms. The van der Waals surface area contributed by atoms with Crippen molar-refractivity contribution in [3.63, 3.8) is 0 Å². The average Bonchev–Trinajstić information content (AvgIpc) is 2.42. The first kappa shape index (κ1) is 13.5. The van der Waals surface area contributed by atoms with Crippen LogP contribution in [0.5, 0.6) is 11.5 Å². The van der Waals surface area contributed by atoms with E-state index >= 15 is 0 Å². The molecular weight excluding hydrogens is 262 g/mol. The number of esters is 1. The number of benzene rings is 2. The van der Waals surface area contributed by atoms with Crippen LogP contribution in [0.4, 0.5) is 5.69 Å². The lowest BCUT2D eigenvalue weighted by atomic mass is 10.1. The summed E-state index contributed by atoms with van der Waals surface area (Å²) < 4.78 is 5.09. The molecule has 2 aromatic carbocycles. The number of non-ortho nitro benzene ring substituents is 1. The van der Waals surface area contributed by atoms with E-state index in [4.69, 9.17) is 4.74 Å². The Morgan fingerprint density at radius 2 is 1.85 bits per heavy atom. The number of rotatable bonds is 3. The van der Waals surface area contributed by atoms with E-state index in [1.54, 1.807) is 6.92 Å². The van der Waals surface area contributed by atoms with Gasteiger partial charge in [-0.05, 0) is 42.8 Å². The molecule has 0 aromatic heterocycles. The fraction of sp³-hybridized carbons (Fsp3) is 0.0714. The predicted octanol–water partition coefficient (Wildman–Crippen LogP) is 2.83. The second kappa shape index (κ2) is 5.40. The largest absolute Gasteiger partial charge is 0.508 e. The molecule has 0 radical (unpaired) electrons. The van der Waals surface area contributed by atoms with Gasteiger partial charge in [0.25, 0.3) is 5.69 Å². The molecule has 0 aliphatic rings. The third-order valence-electron chi connectivity index (χ3n) is 2.69. The lowest BCUT2D eigenvalue weighted by molar-refractivity contribution is -0.384. The van der Waals surface area contributed by atoms with E-state index in [1.807, 2.05) is 0 Å². The van der Waals surface area contributed by atoms with Gasteiger partial charge in [0.05, 0.1) is 10.5 Å². The second-order valence-electron chi connectivity index (χ2n) is 4.14. The third kappa shape index (κ3) is 2.92. The maximum absolute atomic E-state index is 11.9. The van der Waals surface area contributed by atoms with Crippen LogP contribution in [-0.4, -0.2) is 16.0 Å². The van der Waals surface area contributed by atoms with Crippen molar-refractivity contribution >= 4 is 11.7 Å². The summed E-state index contributed by atoms with van der Waals surface area (Å²) >= 11 is 0. The number of carbonyl (C=O) groups is 1. The third-order valence-corrected chi connectivity index (χ3v) is 2.69. The Morgan fingerprint density at radius 1 is 1.20 bits per heavy atom. The van der Waals surface area contributed by atoms with Crippen LogP contribution >= 0.6 is 0 Å². The number of carbonyl (C=O) groups excluding carboxylic acids is 1. The lowest BCUT2D eigenvalue weighted by Crippen LogP contribution is -2.08. The van der Waals surface area contributed by atoms with Crippen molar-refractivity contribution in [2.24, 2.45) is 0 Å². The van der Waals surface area contributed by atoms with Crippen molar-refractivity contribution in [2.45, 2.75) is 6.92 Å². The number of phenolic OH excluding ortho intramolecular Hbond substituents is 1. The van der Waals surface area contributed by atoms with Gasteiger partial charge in [0.2, 0.25) is 0 Å². The zero-order chi connectivity index (χ0) is 14.7. The van der Waals surface area contributed by atoms with Crippen molar-refractivity contribution < 1.29 is 19.6 Å². The first-order valence-corrected chi connectivity index (χ1v) is 5.73. The van der Waals surface area contributed by atoms with E-state index in [2.05, 4.69) is 0 Å². The molecule has 0 atom stereocenters. The van der Waals surface area contributed by atoms with Crippen LogP contribution in [0.25, 0.3) is 0 Å². The molecule has 0 aliphatic heterocycles. The molecule has 102 valence electrons. The summed E-state index contributed by atoms with van der Waals surface area (Å²) in [6.07, 6.45) is 0. The molecule has 20 heavy (non-hydrogen) atoms. The van der Waals surface area contributed by atoms with Gasteiger partial charge in [-0.15, -0.1) is 0 Å². The first-order valence-electron chi connectivity index (χ1n) is 5.73. The molecule has 0 aliphatic carbocycles. The second-order valence-corrected chi connectivity index (χ2v) is 4.14. The van der Waals surface area contributed by atoms with E-state index < -0.39 is 10.9 Å². The van der Waals surface area contributed by atoms with Crippen molar-refractivity contribution in [2.75, 3.05) is 0 Å². The Bertz CT molecular complexity index is 664. The summed E-state index contributed by atoms with van der Waals surface area (Å²) in [4.78, 5) is 21.8. The number of hydrogen-bond acceptors (Lipinski definition) is 5. The van der Waals surface area contributed by atoms with Gasteiger partial charge in [0.1, 0.15) is 11.5 Å². The predicted molar refractivity (Wildman–Crippen MR) is 70.9 cm³/mol. The SMILES string of the molecule is Cc1cc(C(=O)Oc2ccc([N+](=O)[O-])cc2)ccc1O. The van der Waals surface area contributed by atoms with Gasteiger partial charge in [-0.1, -0.05) is 0 Å². The van der Waals surface area contributed by atoms with Gasteiger partial charge in [0, 0.05) is 12.1 Å². The number of ether oxygens (including phenoxy) is 1. The summed E-state index contributed by atoms with van der Waals surface area (Å²) in [6.45, 7) is 1.66. The van der Waals surface area contributed by atoms with E-state index in [0.717, 1.165) is 0 Å². The molecule has 6 nitrogen and oxygen atoms in total. The van der Waals surface area contributed by atoms with Gasteiger partial charge >= 0.3 is 5.97 Å². The van der Waals surface area contributed by atoms with Gasteiger partial charge in [-0.25, -0.2) is 4.79 Å². The number of phenols is 1. The highest BCUT2D eigenvalue weighted by Gasteiger charge is 2.11. The Morgan fingerprint density at radius 3 is 2.40 bits per heavy atom. The Kier molecular flexibility index (Phi) is 3.65. The van der Waals surface area contributed by atoms with Crippen molar-refractivity contribution in [3.8, 4) is 11.5 Å². The van der Waals surface area contributed by atoms with Gasteiger partial charge in [-0.3, -0.25) is 10.1 Å². The van der Waals surface area contributed by atoms with Crippen LogP contribution in [0.15, 0.2) is 42.5 Å². The van der Waals surface area contributed by atoms with Crippen molar-refractivity contribution in [1.29, 1.82) is 0 Å². The number of hydrogen-bond donors (Lipinski definition) is 1. The molecule has 0 saturated carbocycles. The van der Waals surface area contributed by atoms with Crippen molar-refractivity contribution in [3.05, 3.63) is 63.7 Å². The Hall–Kier alpha value is -2.89. The van der Waals surface area contributed by atoms with Crippen LogP contribution in [0.1, 0.15) is 15.9 Å². The minimum Gasteiger partial charge on any atom is -0.508 e. The van der Waals surface area contributed by atoms with E-state index in [9.17, 15) is 20.0 Å². The lowest BCUT2D eigenvalue weighted by Gasteiger charge is -2.05. The monoisotopic (exact) mass is 273 g/mol. The minimum absolute atomic E-state index is 0.0784. The van der Waals surface area contributed by atoms with Gasteiger partial charge in [0.15, 0.2) is 0 Å². The van der Waals surface area contributed by atoms with Crippen LogP contribution in [0.3, 0.4) is 0 Å². The fourth-order valence-corrected chi connectivity index (χ4v) is 1.58. The number of nitro groups is 1. The topological polar surface area (TPSA) is 89.7 Å². The molecule has 6 heteroatoms. The molecule has 1 N–H and O–H groups in total. The van der Waals surface area contributed by atoms with Gasteiger partial charge in [-0.2, -0.15) is 0 Å². The quantitative estimate of drug-likeness (QED) is 0.402. The molecule has 2 aromatic rings. The van der Waals surface area contributed by atoms with E-state index in [1.165, 1.54) is 42.5 Å². The van der Waals surface area contributed by atoms with Crippen LogP contribution in [0, 0.1) is 17.0 Å². The number of aryl methyl sites for hydroxylation is 1. The molecule has 0 amide bonds. The minimum atomic E-state index is -0.595. The summed E-state index contributed by atoms with van der Waals surface area (Å²) in [6, 6.07) is 9.56. The number of aromatic hydroxyl groups is 1. The molecule has 0 saturated heterocycles. The standard InChI is InChI=1S/C14H11NO5/c1-9-8-10(2-7-13(9)16)14(17)20-12-5-3-11(4-6-12)15(18)19/h2-8,16H,1H3. The highest BCUT2D eigenvalue weighted by atomic mass is 16.6. The summed E-state index contributed by atoms with van der Waals surface area (Å²) in [5.41, 5.74) is 0.770. The van der Waals surface area contributed by atoms with Crippen molar-refractivity contribution in [1.82, 2.24) is 0 Å². The highest BCUT2D eigenvalue weighted by molar-refractivity contribution is 5.91. The molecule has 2 rings (SSSR count). The normalized spacial score (nSPS) is 10.1. The molecule has 0 unspecified atom stereocenters. The highest BCUT2D eigenvalue weighted by Crippen LogP contribution is 2.20. The number of nitrogens with zero attached hydrogens (tertiary/aromatic N) is 1. The van der Waals surface area contributed by atoms with E-state index in [-0.39, 0.29) is 17.2 Å². The zero-order valence-corrected chi connectivity index (χ0v) is 10.6. The maximum atomic E-state index is 11.9. The first-order chi connectivity index (χ1) is 9.47. The zero-order valence-electron chi connectivity index (χ0n) is 10.6. The maximum Gasteiger partial charge on any atom is 0.343 e. The number of nitro benzene ring substituents is 1. The molecular formula is C14H11NO5. The molecule has 0 spiro atoms. The van der Waals surface area contributed by atoms with Crippen LogP contribution in [0.2, 0.25) is 0 Å². The summed E-state index contributed by atoms with van der Waals surface area (Å²) in [5.74, 6) is -0.287. The Labute approximate surface area is 114 Å². The van der Waals surface area contributed by atoms with Gasteiger partial charge < -0.3 is 9.84 Å².